The van der Waals surface area contributed by atoms with Crippen molar-refractivity contribution in [2.75, 3.05) is 0 Å². The molecule has 0 radical (unpaired) electrons. The monoisotopic (exact) mass is 251 g/mol. The van der Waals surface area contributed by atoms with E-state index in [1.165, 1.54) is 0 Å². The molecular weight excluding hydrogens is 238 g/mol. The normalized spacial score (nSPS) is 10.8. The van der Waals surface area contributed by atoms with Crippen LogP contribution in [0.3, 0.4) is 0 Å². The lowest BCUT2D eigenvalue weighted by Gasteiger charge is -2.10. The molecule has 0 fully saturated rings. The Morgan fingerprint density at radius 1 is 1.16 bits per heavy atom. The highest BCUT2D eigenvalue weighted by molar-refractivity contribution is 5.77. The molecule has 3 aromatic rings. The van der Waals surface area contributed by atoms with E-state index in [-0.39, 0.29) is 5.56 Å². The van der Waals surface area contributed by atoms with Gasteiger partial charge in [0.1, 0.15) is 5.82 Å². The Hall–Kier alpha value is -2.49. The van der Waals surface area contributed by atoms with Gasteiger partial charge in [-0.3, -0.25) is 14.3 Å². The van der Waals surface area contributed by atoms with Crippen molar-refractivity contribution in [3.63, 3.8) is 0 Å². The maximum Gasteiger partial charge on any atom is 0.261 e. The summed E-state index contributed by atoms with van der Waals surface area (Å²) in [5.41, 5.74) is 1.73. The van der Waals surface area contributed by atoms with E-state index in [1.54, 1.807) is 17.0 Å². The number of fused-ring (bicyclic) bond motifs is 1. The van der Waals surface area contributed by atoms with Crippen LogP contribution in [-0.4, -0.2) is 14.5 Å². The molecule has 0 saturated carbocycles. The molecule has 0 aliphatic heterocycles. The number of pyridine rings is 1. The predicted molar refractivity (Wildman–Crippen MR) is 74.1 cm³/mol. The molecule has 4 nitrogen and oxygen atoms in total. The van der Waals surface area contributed by atoms with Gasteiger partial charge in [-0.15, -0.1) is 0 Å². The van der Waals surface area contributed by atoms with Crippen LogP contribution in [-0.2, 0) is 6.54 Å². The van der Waals surface area contributed by atoms with Gasteiger partial charge < -0.3 is 0 Å². The Morgan fingerprint density at radius 3 is 2.79 bits per heavy atom. The van der Waals surface area contributed by atoms with Gasteiger partial charge in [0, 0.05) is 12.4 Å². The van der Waals surface area contributed by atoms with Gasteiger partial charge in [0.05, 0.1) is 17.4 Å². The minimum Gasteiger partial charge on any atom is -0.292 e. The fourth-order valence-corrected chi connectivity index (χ4v) is 2.14. The molecule has 94 valence electrons. The molecule has 4 heteroatoms. The quantitative estimate of drug-likeness (QED) is 0.701. The first-order valence-corrected chi connectivity index (χ1v) is 6.11. The van der Waals surface area contributed by atoms with Crippen molar-refractivity contribution < 1.29 is 0 Å². The first-order chi connectivity index (χ1) is 9.25. The second-order valence-corrected chi connectivity index (χ2v) is 4.43. The van der Waals surface area contributed by atoms with Gasteiger partial charge >= 0.3 is 0 Å². The highest BCUT2D eigenvalue weighted by Crippen LogP contribution is 2.08. The van der Waals surface area contributed by atoms with Crippen LogP contribution in [0.2, 0.25) is 0 Å². The molecule has 0 aliphatic carbocycles. The van der Waals surface area contributed by atoms with Crippen LogP contribution in [0.15, 0.2) is 53.6 Å². The lowest BCUT2D eigenvalue weighted by Crippen LogP contribution is -2.24. The average Bonchev–Trinajstić information content (AvgIpc) is 2.45. The number of aromatic nitrogens is 3. The van der Waals surface area contributed by atoms with Gasteiger partial charge in [0.2, 0.25) is 0 Å². The third-order valence-corrected chi connectivity index (χ3v) is 3.12. The van der Waals surface area contributed by atoms with Gasteiger partial charge in [-0.05, 0) is 30.7 Å². The van der Waals surface area contributed by atoms with E-state index in [2.05, 4.69) is 9.97 Å². The molecule has 0 unspecified atom stereocenters. The van der Waals surface area contributed by atoms with E-state index >= 15 is 0 Å². The molecule has 0 spiro atoms. The first-order valence-electron chi connectivity index (χ1n) is 6.11. The molecule has 3 rings (SSSR count). The van der Waals surface area contributed by atoms with E-state index in [9.17, 15) is 4.79 Å². The maximum absolute atomic E-state index is 12.5. The standard InChI is InChI=1S/C15H13N3O/c1-11-17-14-7-3-2-6-13(14)15(19)18(11)10-12-5-4-8-16-9-12/h2-9H,10H2,1H3. The number of para-hydroxylation sites is 1. The van der Waals surface area contributed by atoms with E-state index in [4.69, 9.17) is 0 Å². The topological polar surface area (TPSA) is 47.8 Å². The molecule has 0 amide bonds. The summed E-state index contributed by atoms with van der Waals surface area (Å²) in [6.45, 7) is 2.35. The van der Waals surface area contributed by atoms with Crippen LogP contribution < -0.4 is 5.56 Å². The fraction of sp³-hybridized carbons (Fsp3) is 0.133. The molecule has 0 atom stereocenters. The van der Waals surface area contributed by atoms with E-state index in [0.29, 0.717) is 17.8 Å². The zero-order chi connectivity index (χ0) is 13.2. The van der Waals surface area contributed by atoms with Gasteiger partial charge in [0.25, 0.3) is 5.56 Å². The molecular formula is C15H13N3O. The fourth-order valence-electron chi connectivity index (χ4n) is 2.14. The molecule has 2 heterocycles. The number of benzene rings is 1. The predicted octanol–water partition coefficient (Wildman–Crippen LogP) is 2.15. The molecule has 0 N–H and O–H groups in total. The summed E-state index contributed by atoms with van der Waals surface area (Å²) < 4.78 is 1.68. The van der Waals surface area contributed by atoms with Gasteiger partial charge in [-0.25, -0.2) is 4.98 Å². The van der Waals surface area contributed by atoms with Crippen LogP contribution in [0.25, 0.3) is 10.9 Å². The minimum absolute atomic E-state index is 0.00745. The van der Waals surface area contributed by atoms with E-state index in [0.717, 1.165) is 11.1 Å². The molecule has 2 aromatic heterocycles. The number of rotatable bonds is 2. The largest absolute Gasteiger partial charge is 0.292 e. The number of hydrogen-bond acceptors (Lipinski definition) is 3. The van der Waals surface area contributed by atoms with Crippen LogP contribution in [0.4, 0.5) is 0 Å². The smallest absolute Gasteiger partial charge is 0.261 e. The highest BCUT2D eigenvalue weighted by Gasteiger charge is 2.07. The van der Waals surface area contributed by atoms with E-state index < -0.39 is 0 Å². The number of aryl methyl sites for hydroxylation is 1. The molecule has 19 heavy (non-hydrogen) atoms. The Bertz CT molecular complexity index is 778. The highest BCUT2D eigenvalue weighted by atomic mass is 16.1. The third kappa shape index (κ3) is 2.12. The third-order valence-electron chi connectivity index (χ3n) is 3.12. The van der Waals surface area contributed by atoms with Gasteiger partial charge in [-0.2, -0.15) is 0 Å². The summed E-state index contributed by atoms with van der Waals surface area (Å²) in [4.78, 5) is 21.0. The lowest BCUT2D eigenvalue weighted by atomic mass is 10.2. The Labute approximate surface area is 110 Å². The zero-order valence-electron chi connectivity index (χ0n) is 10.6. The van der Waals surface area contributed by atoms with Gasteiger partial charge in [-0.1, -0.05) is 18.2 Å². The van der Waals surface area contributed by atoms with Crippen molar-refractivity contribution in [3.8, 4) is 0 Å². The van der Waals surface area contributed by atoms with Crippen molar-refractivity contribution in [1.29, 1.82) is 0 Å². The second kappa shape index (κ2) is 4.65. The SMILES string of the molecule is Cc1nc2ccccc2c(=O)n1Cc1cccnc1. The van der Waals surface area contributed by atoms with Crippen molar-refractivity contribution >= 4 is 10.9 Å². The minimum atomic E-state index is -0.00745. The van der Waals surface area contributed by atoms with Crippen molar-refractivity contribution in [2.45, 2.75) is 13.5 Å². The Balaban J connectivity index is 2.16. The van der Waals surface area contributed by atoms with Crippen LogP contribution in [0.5, 0.6) is 0 Å². The maximum atomic E-state index is 12.5. The van der Waals surface area contributed by atoms with Crippen LogP contribution in [0, 0.1) is 6.92 Å². The van der Waals surface area contributed by atoms with Crippen molar-refractivity contribution in [3.05, 3.63) is 70.5 Å². The molecule has 1 aromatic carbocycles. The molecule has 0 bridgehead atoms. The van der Waals surface area contributed by atoms with Crippen molar-refractivity contribution in [2.24, 2.45) is 0 Å². The summed E-state index contributed by atoms with van der Waals surface area (Å²) in [6.07, 6.45) is 3.48. The summed E-state index contributed by atoms with van der Waals surface area (Å²) in [6, 6.07) is 11.2. The van der Waals surface area contributed by atoms with Gasteiger partial charge in [0.15, 0.2) is 0 Å². The van der Waals surface area contributed by atoms with E-state index in [1.807, 2.05) is 43.3 Å². The summed E-state index contributed by atoms with van der Waals surface area (Å²) >= 11 is 0. The first kappa shape index (κ1) is 11.6. The molecule has 0 aliphatic rings. The lowest BCUT2D eigenvalue weighted by molar-refractivity contribution is 0.710. The van der Waals surface area contributed by atoms with Crippen LogP contribution >= 0.6 is 0 Å². The Morgan fingerprint density at radius 2 is 2.00 bits per heavy atom. The second-order valence-electron chi connectivity index (χ2n) is 4.43. The molecule has 0 saturated heterocycles. The average molecular weight is 251 g/mol. The van der Waals surface area contributed by atoms with Crippen LogP contribution in [0.1, 0.15) is 11.4 Å². The zero-order valence-corrected chi connectivity index (χ0v) is 10.6. The Kier molecular flexibility index (Phi) is 2.83. The van der Waals surface area contributed by atoms with Crippen molar-refractivity contribution in [1.82, 2.24) is 14.5 Å². The summed E-state index contributed by atoms with van der Waals surface area (Å²) in [7, 11) is 0. The number of hydrogen-bond donors (Lipinski definition) is 0. The summed E-state index contributed by atoms with van der Waals surface area (Å²) in [5.74, 6) is 0.715. The summed E-state index contributed by atoms with van der Waals surface area (Å²) in [5, 5.41) is 0.650. The number of nitrogens with zero attached hydrogens (tertiary/aromatic N) is 3.